The minimum atomic E-state index is 0.0890. The van der Waals surface area contributed by atoms with Gasteiger partial charge in [0.15, 0.2) is 0 Å². The molecule has 1 aromatic heterocycles. The number of aromatic nitrogens is 1. The van der Waals surface area contributed by atoms with E-state index in [2.05, 4.69) is 70.1 Å². The molecular weight excluding hydrogens is 478 g/mol. The molecule has 0 N–H and O–H groups in total. The summed E-state index contributed by atoms with van der Waals surface area (Å²) in [5, 5.41) is 10.2. The number of ether oxygens (including phenoxy) is 1. The lowest BCUT2D eigenvalue weighted by molar-refractivity contribution is 0.205. The molecule has 0 aliphatic carbocycles. The summed E-state index contributed by atoms with van der Waals surface area (Å²) in [4.78, 5) is 4.32. The van der Waals surface area contributed by atoms with Crippen LogP contribution in [0.2, 0.25) is 0 Å². The van der Waals surface area contributed by atoms with Crippen LogP contribution in [0.5, 0.6) is 5.75 Å². The summed E-state index contributed by atoms with van der Waals surface area (Å²) < 4.78 is 7.62. The van der Waals surface area contributed by atoms with Crippen molar-refractivity contribution in [2.45, 2.75) is 30.3 Å². The molecule has 0 fully saturated rings. The Labute approximate surface area is 146 Å². The van der Waals surface area contributed by atoms with E-state index >= 15 is 0 Å². The quantitative estimate of drug-likeness (QED) is 0.460. The second kappa shape index (κ2) is 6.89. The largest absolute Gasteiger partial charge is 0.487 e. The van der Waals surface area contributed by atoms with Gasteiger partial charge >= 0.3 is 0 Å². The molecule has 2 rings (SSSR count). The lowest BCUT2D eigenvalue weighted by Crippen LogP contribution is -2.24. The molecule has 0 bridgehead atoms. The summed E-state index contributed by atoms with van der Waals surface area (Å²) in [6.07, 6.45) is 2.59. The molecule has 1 aromatic carbocycles. The van der Waals surface area contributed by atoms with E-state index in [4.69, 9.17) is 4.74 Å². The fourth-order valence-corrected chi connectivity index (χ4v) is 3.15. The Kier molecular flexibility index (Phi) is 5.43. The van der Waals surface area contributed by atoms with Crippen molar-refractivity contribution in [2.24, 2.45) is 0 Å². The van der Waals surface area contributed by atoms with Crippen LogP contribution in [-0.4, -0.2) is 15.0 Å². The van der Waals surface area contributed by atoms with Gasteiger partial charge in [-0.05, 0) is 54.1 Å². The van der Waals surface area contributed by atoms with E-state index in [9.17, 15) is 5.26 Å². The lowest BCUT2D eigenvalue weighted by Gasteiger charge is -2.21. The first-order valence-electron chi connectivity index (χ1n) is 6.36. The maximum absolute atomic E-state index is 9.30. The van der Waals surface area contributed by atoms with E-state index < -0.39 is 0 Å². The van der Waals surface area contributed by atoms with Gasteiger partial charge in [-0.2, -0.15) is 5.26 Å². The van der Waals surface area contributed by atoms with Gasteiger partial charge in [-0.1, -0.05) is 29.5 Å². The molecular formula is C15H14I2N2O. The SMILES string of the molecule is CCC(Oc1c(C#N)cnc2ccc(I)cc12)C(C)I. The van der Waals surface area contributed by atoms with Crippen LogP contribution in [-0.2, 0) is 0 Å². The van der Waals surface area contributed by atoms with Crippen LogP contribution in [0.15, 0.2) is 24.4 Å². The van der Waals surface area contributed by atoms with Crippen LogP contribution in [0, 0.1) is 14.9 Å². The Balaban J connectivity index is 2.59. The number of pyridine rings is 1. The molecule has 3 nitrogen and oxygen atoms in total. The Hall–Kier alpha value is -0.620. The molecule has 0 aliphatic rings. The van der Waals surface area contributed by atoms with Crippen LogP contribution < -0.4 is 4.74 Å². The van der Waals surface area contributed by atoms with Crippen molar-refractivity contribution in [1.82, 2.24) is 4.98 Å². The maximum atomic E-state index is 9.30. The molecule has 2 atom stereocenters. The number of nitriles is 1. The number of alkyl halides is 1. The fourth-order valence-electron chi connectivity index (χ4n) is 2.00. The zero-order valence-corrected chi connectivity index (χ0v) is 15.5. The third-order valence-corrected chi connectivity index (χ3v) is 4.56. The first-order valence-corrected chi connectivity index (χ1v) is 8.68. The molecule has 0 radical (unpaired) electrons. The molecule has 0 saturated carbocycles. The van der Waals surface area contributed by atoms with Crippen LogP contribution in [0.3, 0.4) is 0 Å². The molecule has 2 unspecified atom stereocenters. The Bertz CT molecular complexity index is 665. The standard InChI is InChI=1S/C15H14I2N2O/c1-3-14(9(2)16)20-15-10(7-18)8-19-13-5-4-11(17)6-12(13)15/h4-6,8-9,14H,3H2,1-2H3. The summed E-state index contributed by atoms with van der Waals surface area (Å²) in [6, 6.07) is 8.16. The fraction of sp³-hybridized carbons (Fsp3) is 0.333. The van der Waals surface area contributed by atoms with E-state index in [0.717, 1.165) is 20.9 Å². The van der Waals surface area contributed by atoms with E-state index in [1.807, 2.05) is 18.2 Å². The average molecular weight is 492 g/mol. The van der Waals surface area contributed by atoms with Crippen molar-refractivity contribution in [3.05, 3.63) is 33.5 Å². The summed E-state index contributed by atoms with van der Waals surface area (Å²) in [6.45, 7) is 4.22. The molecule has 0 spiro atoms. The highest BCUT2D eigenvalue weighted by Gasteiger charge is 2.18. The summed E-state index contributed by atoms with van der Waals surface area (Å²) in [5.74, 6) is 0.659. The third-order valence-electron chi connectivity index (χ3n) is 3.08. The average Bonchev–Trinajstić information content (AvgIpc) is 2.44. The first kappa shape index (κ1) is 15.8. The molecule has 104 valence electrons. The number of rotatable bonds is 4. The van der Waals surface area contributed by atoms with Crippen LogP contribution in [0.25, 0.3) is 10.9 Å². The van der Waals surface area contributed by atoms with Gasteiger partial charge in [0.05, 0.1) is 5.52 Å². The highest BCUT2D eigenvalue weighted by molar-refractivity contribution is 14.1. The highest BCUT2D eigenvalue weighted by Crippen LogP contribution is 2.31. The summed E-state index contributed by atoms with van der Waals surface area (Å²) >= 11 is 4.62. The van der Waals surface area contributed by atoms with Gasteiger partial charge in [0, 0.05) is 19.1 Å². The number of benzene rings is 1. The van der Waals surface area contributed by atoms with Crippen LogP contribution >= 0.6 is 45.2 Å². The number of hydrogen-bond acceptors (Lipinski definition) is 3. The van der Waals surface area contributed by atoms with Gasteiger partial charge in [0.1, 0.15) is 23.5 Å². The number of nitrogens with zero attached hydrogens (tertiary/aromatic N) is 2. The predicted octanol–water partition coefficient (Wildman–Crippen LogP) is 4.69. The van der Waals surface area contributed by atoms with E-state index in [1.165, 1.54) is 0 Å². The van der Waals surface area contributed by atoms with E-state index in [-0.39, 0.29) is 6.10 Å². The van der Waals surface area contributed by atoms with Crippen molar-refractivity contribution in [1.29, 1.82) is 5.26 Å². The van der Waals surface area contributed by atoms with Gasteiger partial charge < -0.3 is 4.74 Å². The maximum Gasteiger partial charge on any atom is 0.148 e. The van der Waals surface area contributed by atoms with Crippen molar-refractivity contribution >= 4 is 56.1 Å². The van der Waals surface area contributed by atoms with Crippen molar-refractivity contribution in [2.75, 3.05) is 0 Å². The van der Waals surface area contributed by atoms with Gasteiger partial charge in [-0.3, -0.25) is 4.98 Å². The second-order valence-corrected chi connectivity index (χ2v) is 7.73. The number of fused-ring (bicyclic) bond motifs is 1. The smallest absolute Gasteiger partial charge is 0.148 e. The minimum absolute atomic E-state index is 0.0890. The van der Waals surface area contributed by atoms with E-state index in [1.54, 1.807) is 6.20 Å². The summed E-state index contributed by atoms with van der Waals surface area (Å²) in [5.41, 5.74) is 1.35. The summed E-state index contributed by atoms with van der Waals surface area (Å²) in [7, 11) is 0. The van der Waals surface area contributed by atoms with Crippen molar-refractivity contribution in [3.8, 4) is 11.8 Å². The van der Waals surface area contributed by atoms with Crippen molar-refractivity contribution < 1.29 is 4.74 Å². The molecule has 0 amide bonds. The molecule has 1 heterocycles. The first-order chi connectivity index (χ1) is 9.56. The number of halogens is 2. The van der Waals surface area contributed by atoms with Gasteiger partial charge in [-0.25, -0.2) is 0 Å². The molecule has 0 saturated heterocycles. The topological polar surface area (TPSA) is 45.9 Å². The zero-order chi connectivity index (χ0) is 14.7. The van der Waals surface area contributed by atoms with E-state index in [0.29, 0.717) is 15.2 Å². The molecule has 0 aliphatic heterocycles. The Morgan fingerprint density at radius 1 is 1.45 bits per heavy atom. The monoisotopic (exact) mass is 492 g/mol. The van der Waals surface area contributed by atoms with Crippen LogP contribution in [0.4, 0.5) is 0 Å². The zero-order valence-electron chi connectivity index (χ0n) is 11.2. The Morgan fingerprint density at radius 3 is 2.80 bits per heavy atom. The number of hydrogen-bond donors (Lipinski definition) is 0. The second-order valence-electron chi connectivity index (χ2n) is 4.52. The van der Waals surface area contributed by atoms with Crippen molar-refractivity contribution in [3.63, 3.8) is 0 Å². The Morgan fingerprint density at radius 2 is 2.20 bits per heavy atom. The molecule has 20 heavy (non-hydrogen) atoms. The van der Waals surface area contributed by atoms with Gasteiger partial charge in [-0.15, -0.1) is 0 Å². The van der Waals surface area contributed by atoms with Crippen LogP contribution in [0.1, 0.15) is 25.8 Å². The van der Waals surface area contributed by atoms with Gasteiger partial charge in [0.25, 0.3) is 0 Å². The van der Waals surface area contributed by atoms with Gasteiger partial charge in [0.2, 0.25) is 0 Å². The normalized spacial score (nSPS) is 13.8. The minimum Gasteiger partial charge on any atom is -0.487 e. The third kappa shape index (κ3) is 3.34. The predicted molar refractivity (Wildman–Crippen MR) is 97.4 cm³/mol. The molecule has 2 aromatic rings. The lowest BCUT2D eigenvalue weighted by atomic mass is 10.1. The highest BCUT2D eigenvalue weighted by atomic mass is 127. The molecule has 5 heteroatoms.